The third-order valence-corrected chi connectivity index (χ3v) is 3.96. The van der Waals surface area contributed by atoms with E-state index in [4.69, 9.17) is 5.11 Å². The average Bonchev–Trinajstić information content (AvgIpc) is 2.35. The number of aliphatic carboxylic acids is 1. The second-order valence-corrected chi connectivity index (χ2v) is 5.32. The number of hydrogen-bond acceptors (Lipinski definition) is 3. The fraction of sp³-hybridized carbons (Fsp3) is 0.462. The Hall–Kier alpha value is -1.00. The number of likely N-dealkylation sites (N-methyl/N-ethyl adjacent to an activating group) is 1. The topological polar surface area (TPSA) is 49.3 Å². The maximum absolute atomic E-state index is 11.0. The van der Waals surface area contributed by atoms with Crippen LogP contribution in [0, 0.1) is 0 Å². The summed E-state index contributed by atoms with van der Waals surface area (Å²) in [6, 6.07) is 10.2. The molecule has 0 aromatic heterocycles. The first-order chi connectivity index (χ1) is 8.08. The Bertz CT molecular complexity index is 356. The highest BCUT2D eigenvalue weighted by Gasteiger charge is 2.30. The third kappa shape index (κ3) is 4.40. The number of rotatable bonds is 7. The second-order valence-electron chi connectivity index (χ2n) is 4.15. The van der Waals surface area contributed by atoms with Crippen LogP contribution < -0.4 is 5.32 Å². The molecular weight excluding hydrogens is 234 g/mol. The summed E-state index contributed by atoms with van der Waals surface area (Å²) in [6.07, 6.45) is 1.52. The molecule has 0 spiro atoms. The second kappa shape index (κ2) is 6.67. The first-order valence-electron chi connectivity index (χ1n) is 5.68. The van der Waals surface area contributed by atoms with Gasteiger partial charge in [-0.1, -0.05) is 18.2 Å². The highest BCUT2D eigenvalue weighted by Crippen LogP contribution is 2.21. The maximum Gasteiger partial charge on any atom is 0.323 e. The number of thioether (sulfide) groups is 1. The standard InChI is InChI=1S/C13H19NO2S/c1-13(14-2,12(15)16)9-6-10-17-11-7-4-3-5-8-11/h3-5,7-8,14H,6,9-10H2,1-2H3,(H,15,16). The summed E-state index contributed by atoms with van der Waals surface area (Å²) >= 11 is 1.76. The minimum absolute atomic E-state index is 0.638. The van der Waals surface area contributed by atoms with Crippen molar-refractivity contribution in [1.29, 1.82) is 0 Å². The van der Waals surface area contributed by atoms with Gasteiger partial charge in [-0.15, -0.1) is 11.8 Å². The summed E-state index contributed by atoms with van der Waals surface area (Å²) < 4.78 is 0. The minimum Gasteiger partial charge on any atom is -0.480 e. The van der Waals surface area contributed by atoms with E-state index in [9.17, 15) is 4.79 Å². The van der Waals surface area contributed by atoms with Crippen LogP contribution in [0.15, 0.2) is 35.2 Å². The molecule has 0 aliphatic rings. The van der Waals surface area contributed by atoms with Crippen molar-refractivity contribution in [2.75, 3.05) is 12.8 Å². The molecule has 0 radical (unpaired) electrons. The number of carboxylic acid groups (broad SMARTS) is 1. The van der Waals surface area contributed by atoms with Gasteiger partial charge in [-0.2, -0.15) is 0 Å². The van der Waals surface area contributed by atoms with E-state index in [1.165, 1.54) is 4.90 Å². The van der Waals surface area contributed by atoms with E-state index in [2.05, 4.69) is 17.4 Å². The van der Waals surface area contributed by atoms with Gasteiger partial charge in [0.15, 0.2) is 0 Å². The van der Waals surface area contributed by atoms with Crippen LogP contribution in [0.3, 0.4) is 0 Å². The smallest absolute Gasteiger partial charge is 0.323 e. The average molecular weight is 253 g/mol. The van der Waals surface area contributed by atoms with Gasteiger partial charge in [-0.05, 0) is 44.7 Å². The molecule has 1 atom stereocenters. The van der Waals surface area contributed by atoms with Gasteiger partial charge in [0.1, 0.15) is 5.54 Å². The highest BCUT2D eigenvalue weighted by atomic mass is 32.2. The summed E-state index contributed by atoms with van der Waals surface area (Å²) in [5, 5.41) is 11.9. The summed E-state index contributed by atoms with van der Waals surface area (Å²) in [5.41, 5.74) is -0.808. The van der Waals surface area contributed by atoms with Crippen LogP contribution in [0.4, 0.5) is 0 Å². The van der Waals surface area contributed by atoms with E-state index >= 15 is 0 Å². The lowest BCUT2D eigenvalue weighted by molar-refractivity contribution is -0.144. The molecule has 0 fully saturated rings. The van der Waals surface area contributed by atoms with Crippen LogP contribution in [-0.4, -0.2) is 29.4 Å². The Kier molecular flexibility index (Phi) is 5.51. The van der Waals surface area contributed by atoms with Crippen LogP contribution in [0.1, 0.15) is 19.8 Å². The first-order valence-corrected chi connectivity index (χ1v) is 6.67. The molecule has 1 aromatic rings. The monoisotopic (exact) mass is 253 g/mol. The molecular formula is C13H19NO2S. The lowest BCUT2D eigenvalue weighted by Crippen LogP contribution is -2.47. The van der Waals surface area contributed by atoms with E-state index in [0.717, 1.165) is 12.2 Å². The molecule has 0 bridgehead atoms. The van der Waals surface area contributed by atoms with E-state index < -0.39 is 11.5 Å². The number of carboxylic acids is 1. The number of nitrogens with one attached hydrogen (secondary N) is 1. The Morgan fingerprint density at radius 3 is 2.59 bits per heavy atom. The molecule has 3 nitrogen and oxygen atoms in total. The lowest BCUT2D eigenvalue weighted by atomic mass is 9.97. The van der Waals surface area contributed by atoms with E-state index in [1.807, 2.05) is 18.2 Å². The summed E-state index contributed by atoms with van der Waals surface area (Å²) in [4.78, 5) is 12.3. The Morgan fingerprint density at radius 2 is 2.06 bits per heavy atom. The molecule has 0 heterocycles. The molecule has 94 valence electrons. The molecule has 4 heteroatoms. The van der Waals surface area contributed by atoms with Gasteiger partial charge in [0.25, 0.3) is 0 Å². The van der Waals surface area contributed by atoms with Crippen LogP contribution >= 0.6 is 11.8 Å². The molecule has 0 aliphatic heterocycles. The van der Waals surface area contributed by atoms with Crippen molar-refractivity contribution in [2.24, 2.45) is 0 Å². The van der Waals surface area contributed by atoms with Crippen molar-refractivity contribution < 1.29 is 9.90 Å². The zero-order valence-electron chi connectivity index (χ0n) is 10.3. The van der Waals surface area contributed by atoms with Gasteiger partial charge in [-0.25, -0.2) is 0 Å². The molecule has 17 heavy (non-hydrogen) atoms. The predicted molar refractivity (Wildman–Crippen MR) is 71.5 cm³/mol. The molecule has 2 N–H and O–H groups in total. The fourth-order valence-corrected chi connectivity index (χ4v) is 2.35. The third-order valence-electron chi connectivity index (χ3n) is 2.86. The minimum atomic E-state index is -0.808. The van der Waals surface area contributed by atoms with Crippen molar-refractivity contribution in [3.05, 3.63) is 30.3 Å². The van der Waals surface area contributed by atoms with Crippen molar-refractivity contribution in [1.82, 2.24) is 5.32 Å². The molecule has 0 amide bonds. The first kappa shape index (κ1) is 14.1. The van der Waals surface area contributed by atoms with Crippen LogP contribution in [0.25, 0.3) is 0 Å². The normalized spacial score (nSPS) is 14.2. The molecule has 1 rings (SSSR count). The SMILES string of the molecule is CNC(C)(CCCSc1ccccc1)C(=O)O. The summed E-state index contributed by atoms with van der Waals surface area (Å²) in [5.74, 6) is 0.152. The zero-order valence-corrected chi connectivity index (χ0v) is 11.1. The van der Waals surface area contributed by atoms with Gasteiger partial charge in [0, 0.05) is 4.90 Å². The Balaban J connectivity index is 2.31. The van der Waals surface area contributed by atoms with Gasteiger partial charge in [-0.3, -0.25) is 4.79 Å². The van der Waals surface area contributed by atoms with E-state index in [1.54, 1.807) is 25.7 Å². The lowest BCUT2D eigenvalue weighted by Gasteiger charge is -2.23. The molecule has 0 saturated carbocycles. The highest BCUT2D eigenvalue weighted by molar-refractivity contribution is 7.99. The number of carbonyl (C=O) groups is 1. The number of hydrogen-bond donors (Lipinski definition) is 2. The quantitative estimate of drug-likeness (QED) is 0.579. The maximum atomic E-state index is 11.0. The van der Waals surface area contributed by atoms with Crippen molar-refractivity contribution in [2.45, 2.75) is 30.2 Å². The molecule has 0 saturated heterocycles. The van der Waals surface area contributed by atoms with Crippen LogP contribution in [-0.2, 0) is 4.79 Å². The summed E-state index contributed by atoms with van der Waals surface area (Å²) in [6.45, 7) is 1.72. The Labute approximate surface area is 107 Å². The zero-order chi connectivity index (χ0) is 12.7. The molecule has 1 aromatic carbocycles. The van der Waals surface area contributed by atoms with Crippen molar-refractivity contribution >= 4 is 17.7 Å². The fourth-order valence-electron chi connectivity index (χ4n) is 1.47. The van der Waals surface area contributed by atoms with Crippen LogP contribution in [0.2, 0.25) is 0 Å². The number of benzene rings is 1. The van der Waals surface area contributed by atoms with Gasteiger partial charge < -0.3 is 10.4 Å². The van der Waals surface area contributed by atoms with E-state index in [-0.39, 0.29) is 0 Å². The van der Waals surface area contributed by atoms with Crippen molar-refractivity contribution in [3.63, 3.8) is 0 Å². The molecule has 0 aliphatic carbocycles. The van der Waals surface area contributed by atoms with Gasteiger partial charge in [0.2, 0.25) is 0 Å². The summed E-state index contributed by atoms with van der Waals surface area (Å²) in [7, 11) is 1.69. The van der Waals surface area contributed by atoms with Gasteiger partial charge >= 0.3 is 5.97 Å². The van der Waals surface area contributed by atoms with E-state index in [0.29, 0.717) is 6.42 Å². The van der Waals surface area contributed by atoms with Crippen LogP contribution in [0.5, 0.6) is 0 Å². The Morgan fingerprint density at radius 1 is 1.41 bits per heavy atom. The van der Waals surface area contributed by atoms with Crippen molar-refractivity contribution in [3.8, 4) is 0 Å². The largest absolute Gasteiger partial charge is 0.480 e. The molecule has 1 unspecified atom stereocenters. The van der Waals surface area contributed by atoms with Gasteiger partial charge in [0.05, 0.1) is 0 Å². The predicted octanol–water partition coefficient (Wildman–Crippen LogP) is 2.62.